The number of carboxylic acid groups (broad SMARTS) is 1. The van der Waals surface area contributed by atoms with E-state index in [1.165, 1.54) is 11.3 Å². The first-order valence-corrected chi connectivity index (χ1v) is 10.6. The van der Waals surface area contributed by atoms with E-state index in [2.05, 4.69) is 25.6 Å². The second kappa shape index (κ2) is 8.71. The number of para-hydroxylation sites is 1. The maximum Gasteiger partial charge on any atom is 0.322 e. The molecule has 0 bridgehead atoms. The lowest BCUT2D eigenvalue weighted by Gasteiger charge is -2.21. The van der Waals surface area contributed by atoms with Crippen molar-refractivity contribution in [3.8, 4) is 10.6 Å². The molecule has 11 heteroatoms. The van der Waals surface area contributed by atoms with Gasteiger partial charge in [-0.15, -0.1) is 11.3 Å². The van der Waals surface area contributed by atoms with Crippen LogP contribution in [0.3, 0.4) is 0 Å². The van der Waals surface area contributed by atoms with Crippen LogP contribution in [0.15, 0.2) is 24.3 Å². The zero-order valence-corrected chi connectivity index (χ0v) is 17.5. The number of aliphatic hydroxyl groups is 3. The molecule has 2 heterocycles. The number of aliphatic carboxylic acids is 1. The van der Waals surface area contributed by atoms with E-state index in [-0.39, 0.29) is 19.1 Å². The molecule has 0 amide bonds. The van der Waals surface area contributed by atoms with E-state index in [9.17, 15) is 20.1 Å². The molecule has 10 nitrogen and oxygen atoms in total. The first kappa shape index (κ1) is 21.4. The number of carboxylic acids is 1. The third-order valence-corrected chi connectivity index (χ3v) is 6.41. The largest absolute Gasteiger partial charge is 0.480 e. The average Bonchev–Trinajstić information content (AvgIpc) is 3.28. The lowest BCUT2D eigenvalue weighted by molar-refractivity contribution is -0.134. The van der Waals surface area contributed by atoms with Crippen molar-refractivity contribution in [2.75, 3.05) is 23.8 Å². The quantitative estimate of drug-likeness (QED) is 0.310. The summed E-state index contributed by atoms with van der Waals surface area (Å²) in [6.45, 7) is 1.18. The lowest BCUT2D eigenvalue weighted by atomic mass is 10.1. The summed E-state index contributed by atoms with van der Waals surface area (Å²) >= 11 is 1.47. The smallest absolute Gasteiger partial charge is 0.322 e. The lowest BCUT2D eigenvalue weighted by Crippen LogP contribution is -2.35. The summed E-state index contributed by atoms with van der Waals surface area (Å²) in [7, 11) is 0. The van der Waals surface area contributed by atoms with Gasteiger partial charge in [-0.3, -0.25) is 4.79 Å². The number of nitrogens with one attached hydrogen (secondary N) is 2. The van der Waals surface area contributed by atoms with Crippen molar-refractivity contribution in [1.82, 2.24) is 15.0 Å². The molecule has 31 heavy (non-hydrogen) atoms. The fourth-order valence-electron chi connectivity index (χ4n) is 3.77. The number of hydrogen-bond donors (Lipinski definition) is 6. The summed E-state index contributed by atoms with van der Waals surface area (Å²) in [5.41, 5.74) is 2.05. The molecule has 0 spiro atoms. The molecule has 164 valence electrons. The minimum absolute atomic E-state index is 0.124. The number of carbonyl (C=O) groups is 1. The van der Waals surface area contributed by atoms with Crippen molar-refractivity contribution in [3.05, 3.63) is 30.0 Å². The average molecular weight is 446 g/mol. The first-order valence-electron chi connectivity index (χ1n) is 9.81. The number of hydrogen-bond acceptors (Lipinski definition) is 10. The van der Waals surface area contributed by atoms with Gasteiger partial charge >= 0.3 is 5.97 Å². The molecule has 0 saturated heterocycles. The van der Waals surface area contributed by atoms with Crippen LogP contribution < -0.4 is 10.6 Å². The Kier molecular flexibility index (Phi) is 6.01. The van der Waals surface area contributed by atoms with E-state index in [4.69, 9.17) is 5.11 Å². The SMILES string of the molecule is Cc1nc(NCC(=O)O)nc(NC2CC(CO)C(O)C2O)c1-c1nc2ccccc2s1. The summed E-state index contributed by atoms with van der Waals surface area (Å²) in [6.07, 6.45) is -1.80. The van der Waals surface area contributed by atoms with Crippen LogP contribution in [0.2, 0.25) is 0 Å². The van der Waals surface area contributed by atoms with Crippen LogP contribution in [0.4, 0.5) is 11.8 Å². The monoisotopic (exact) mass is 445 g/mol. The molecule has 2 aromatic heterocycles. The molecule has 1 saturated carbocycles. The van der Waals surface area contributed by atoms with Gasteiger partial charge < -0.3 is 31.1 Å². The molecule has 4 unspecified atom stereocenters. The van der Waals surface area contributed by atoms with E-state index in [1.54, 1.807) is 6.92 Å². The van der Waals surface area contributed by atoms with E-state index in [1.807, 2.05) is 24.3 Å². The Hall–Kier alpha value is -2.86. The van der Waals surface area contributed by atoms with Gasteiger partial charge in [-0.25, -0.2) is 9.97 Å². The van der Waals surface area contributed by atoms with E-state index in [0.717, 1.165) is 10.2 Å². The summed E-state index contributed by atoms with van der Waals surface area (Å²) in [6, 6.07) is 7.15. The van der Waals surface area contributed by atoms with Gasteiger partial charge in [-0.2, -0.15) is 4.98 Å². The highest BCUT2D eigenvalue weighted by Gasteiger charge is 2.41. The van der Waals surface area contributed by atoms with Crippen LogP contribution in [0.5, 0.6) is 0 Å². The molecular weight excluding hydrogens is 422 g/mol. The standard InChI is InChI=1S/C20H23N5O5S/c1-9-15(19-24-11-4-2-3-5-13(11)31-19)18(25-20(22-9)21-7-14(27)28)23-12-6-10(8-26)16(29)17(12)30/h2-5,10,12,16-17,26,29-30H,6-8H2,1H3,(H,27,28)(H2,21,22,23,25). The number of aromatic nitrogens is 3. The summed E-state index contributed by atoms with van der Waals surface area (Å²) in [5, 5.41) is 45.5. The summed E-state index contributed by atoms with van der Waals surface area (Å²) in [5.74, 6) is -1.01. The van der Waals surface area contributed by atoms with Crippen molar-refractivity contribution < 1.29 is 25.2 Å². The molecule has 4 atom stereocenters. The van der Waals surface area contributed by atoms with Crippen molar-refractivity contribution in [2.45, 2.75) is 31.6 Å². The molecular formula is C20H23N5O5S. The minimum Gasteiger partial charge on any atom is -0.480 e. The van der Waals surface area contributed by atoms with Crippen molar-refractivity contribution in [3.63, 3.8) is 0 Å². The molecule has 1 aliphatic carbocycles. The van der Waals surface area contributed by atoms with Gasteiger partial charge in [-0.05, 0) is 25.5 Å². The maximum atomic E-state index is 10.9. The number of nitrogens with zero attached hydrogens (tertiary/aromatic N) is 3. The van der Waals surface area contributed by atoms with Crippen LogP contribution >= 0.6 is 11.3 Å². The molecule has 3 aromatic rings. The molecule has 1 fully saturated rings. The van der Waals surface area contributed by atoms with Crippen molar-refractivity contribution in [1.29, 1.82) is 0 Å². The van der Waals surface area contributed by atoms with Gasteiger partial charge in [0.15, 0.2) is 0 Å². The second-order valence-corrected chi connectivity index (χ2v) is 8.53. The number of anilines is 2. The number of aryl methyl sites for hydroxylation is 1. The third-order valence-electron chi connectivity index (χ3n) is 5.35. The number of fused-ring (bicyclic) bond motifs is 1. The maximum absolute atomic E-state index is 10.9. The van der Waals surface area contributed by atoms with E-state index in [0.29, 0.717) is 28.5 Å². The van der Waals surface area contributed by atoms with E-state index < -0.39 is 30.1 Å². The Morgan fingerprint density at radius 3 is 2.65 bits per heavy atom. The molecule has 1 aliphatic rings. The molecule has 0 aliphatic heterocycles. The Morgan fingerprint density at radius 2 is 1.97 bits per heavy atom. The predicted octanol–water partition coefficient (Wildman–Crippen LogP) is 1.07. The first-order chi connectivity index (χ1) is 14.9. The van der Waals surface area contributed by atoms with Gasteiger partial charge in [0.05, 0.1) is 33.6 Å². The summed E-state index contributed by atoms with van der Waals surface area (Å²) in [4.78, 5) is 24.4. The minimum atomic E-state index is -1.09. The Bertz CT molecular complexity index is 1070. The number of rotatable bonds is 7. The predicted molar refractivity (Wildman–Crippen MR) is 116 cm³/mol. The van der Waals surface area contributed by atoms with Crippen LogP contribution in [-0.4, -0.2) is 72.7 Å². The fraction of sp³-hybridized carbons (Fsp3) is 0.400. The molecule has 4 rings (SSSR count). The topological polar surface area (TPSA) is 161 Å². The zero-order valence-electron chi connectivity index (χ0n) is 16.7. The Morgan fingerprint density at radius 1 is 1.19 bits per heavy atom. The highest BCUT2D eigenvalue weighted by atomic mass is 32.1. The van der Waals surface area contributed by atoms with Gasteiger partial charge in [0.2, 0.25) is 5.95 Å². The summed E-state index contributed by atoms with van der Waals surface area (Å²) < 4.78 is 0.993. The number of thiazole rings is 1. The molecule has 6 N–H and O–H groups in total. The van der Waals surface area contributed by atoms with E-state index >= 15 is 0 Å². The van der Waals surface area contributed by atoms with Gasteiger partial charge in [0.1, 0.15) is 23.5 Å². The number of benzene rings is 1. The number of aliphatic hydroxyl groups excluding tert-OH is 3. The van der Waals surface area contributed by atoms with Gasteiger partial charge in [0.25, 0.3) is 0 Å². The Balaban J connectivity index is 1.75. The van der Waals surface area contributed by atoms with Gasteiger partial charge in [-0.1, -0.05) is 12.1 Å². The third kappa shape index (κ3) is 4.30. The highest BCUT2D eigenvalue weighted by molar-refractivity contribution is 7.21. The van der Waals surface area contributed by atoms with Crippen molar-refractivity contribution >= 4 is 39.3 Å². The fourth-order valence-corrected chi connectivity index (χ4v) is 4.83. The molecule has 0 radical (unpaired) electrons. The van der Waals surface area contributed by atoms with Crippen LogP contribution in [0.25, 0.3) is 20.8 Å². The van der Waals surface area contributed by atoms with Gasteiger partial charge in [0, 0.05) is 12.5 Å². The zero-order chi connectivity index (χ0) is 22.1. The molecule has 1 aromatic carbocycles. The highest BCUT2D eigenvalue weighted by Crippen LogP contribution is 2.38. The van der Waals surface area contributed by atoms with Crippen LogP contribution in [0, 0.1) is 12.8 Å². The van der Waals surface area contributed by atoms with Crippen LogP contribution in [0.1, 0.15) is 12.1 Å². The normalized spacial score (nSPS) is 23.2. The van der Waals surface area contributed by atoms with Crippen molar-refractivity contribution in [2.24, 2.45) is 5.92 Å². The van der Waals surface area contributed by atoms with Crippen LogP contribution in [-0.2, 0) is 4.79 Å². The Labute approximate surface area is 181 Å². The second-order valence-electron chi connectivity index (χ2n) is 7.50.